The fourth-order valence-electron chi connectivity index (χ4n) is 3.55. The number of aromatic nitrogens is 1. The van der Waals surface area contributed by atoms with Gasteiger partial charge in [-0.2, -0.15) is 0 Å². The number of ether oxygens (including phenoxy) is 1. The van der Waals surface area contributed by atoms with Crippen molar-refractivity contribution >= 4 is 35.7 Å². The molecule has 2 aromatic rings. The summed E-state index contributed by atoms with van der Waals surface area (Å²) in [5.74, 6) is 0.456. The van der Waals surface area contributed by atoms with Gasteiger partial charge < -0.3 is 20.7 Å². The third kappa shape index (κ3) is 5.17. The zero-order valence-corrected chi connectivity index (χ0v) is 17.4. The standard InChI is InChI=1S/C21H26N4O3.ClH/c1-3-4-11-25-19(26)12-17(20(25)14-5-8-16(28-2)9-6-14)21(27)24-15-7-10-18(22)23-13-15;/h5-10,13,17,20H,3-4,11-12H2,1-2H3,(H2,22,23)(H,24,27);1H. The number of hydrogen-bond acceptors (Lipinski definition) is 5. The Hall–Kier alpha value is -2.80. The number of methoxy groups -OCH3 is 1. The molecule has 2 heterocycles. The number of likely N-dealkylation sites (tertiary alicyclic amines) is 1. The minimum Gasteiger partial charge on any atom is -0.497 e. The number of amides is 2. The van der Waals surface area contributed by atoms with Crippen LogP contribution in [0.1, 0.15) is 37.8 Å². The molecule has 156 valence electrons. The van der Waals surface area contributed by atoms with Crippen LogP contribution in [0.5, 0.6) is 5.75 Å². The van der Waals surface area contributed by atoms with Crippen molar-refractivity contribution in [2.75, 3.05) is 24.7 Å². The molecule has 1 aromatic carbocycles. The van der Waals surface area contributed by atoms with Gasteiger partial charge in [-0.3, -0.25) is 9.59 Å². The zero-order valence-electron chi connectivity index (χ0n) is 16.6. The molecule has 29 heavy (non-hydrogen) atoms. The molecule has 0 radical (unpaired) electrons. The lowest BCUT2D eigenvalue weighted by Crippen LogP contribution is -2.33. The highest BCUT2D eigenvalue weighted by molar-refractivity contribution is 5.98. The number of nitrogen functional groups attached to an aromatic ring is 1. The third-order valence-corrected chi connectivity index (χ3v) is 5.03. The second-order valence-corrected chi connectivity index (χ2v) is 6.93. The summed E-state index contributed by atoms with van der Waals surface area (Å²) in [6.45, 7) is 2.72. The van der Waals surface area contributed by atoms with E-state index in [4.69, 9.17) is 10.5 Å². The smallest absolute Gasteiger partial charge is 0.230 e. The quantitative estimate of drug-likeness (QED) is 0.717. The van der Waals surface area contributed by atoms with E-state index in [1.54, 1.807) is 19.2 Å². The van der Waals surface area contributed by atoms with Gasteiger partial charge in [-0.15, -0.1) is 12.4 Å². The van der Waals surface area contributed by atoms with Crippen LogP contribution in [0.2, 0.25) is 0 Å². The molecule has 1 saturated heterocycles. The number of anilines is 2. The number of carbonyl (C=O) groups excluding carboxylic acids is 2. The topological polar surface area (TPSA) is 97.6 Å². The van der Waals surface area contributed by atoms with Crippen molar-refractivity contribution in [2.24, 2.45) is 5.92 Å². The summed E-state index contributed by atoms with van der Waals surface area (Å²) in [6, 6.07) is 10.6. The highest BCUT2D eigenvalue weighted by Crippen LogP contribution is 2.39. The first-order chi connectivity index (χ1) is 13.5. The Morgan fingerprint density at radius 1 is 1.28 bits per heavy atom. The van der Waals surface area contributed by atoms with Crippen molar-refractivity contribution in [3.05, 3.63) is 48.2 Å². The van der Waals surface area contributed by atoms with E-state index in [1.165, 1.54) is 6.20 Å². The summed E-state index contributed by atoms with van der Waals surface area (Å²) in [6.07, 6.45) is 3.58. The largest absolute Gasteiger partial charge is 0.497 e. The van der Waals surface area contributed by atoms with Gasteiger partial charge in [0, 0.05) is 13.0 Å². The van der Waals surface area contributed by atoms with Gasteiger partial charge in [0.1, 0.15) is 11.6 Å². The zero-order chi connectivity index (χ0) is 20.1. The van der Waals surface area contributed by atoms with Crippen molar-refractivity contribution in [1.82, 2.24) is 9.88 Å². The average Bonchev–Trinajstić information content (AvgIpc) is 3.04. The number of nitrogens with one attached hydrogen (secondary N) is 1. The summed E-state index contributed by atoms with van der Waals surface area (Å²) < 4.78 is 5.23. The fraction of sp³-hybridized carbons (Fsp3) is 0.381. The molecule has 7 nitrogen and oxygen atoms in total. The lowest BCUT2D eigenvalue weighted by Gasteiger charge is -2.28. The minimum absolute atomic E-state index is 0. The molecule has 1 aliphatic rings. The average molecular weight is 419 g/mol. The highest BCUT2D eigenvalue weighted by Gasteiger charge is 2.44. The van der Waals surface area contributed by atoms with E-state index in [2.05, 4.69) is 17.2 Å². The van der Waals surface area contributed by atoms with Crippen LogP contribution >= 0.6 is 12.4 Å². The van der Waals surface area contributed by atoms with E-state index in [0.717, 1.165) is 24.2 Å². The second-order valence-electron chi connectivity index (χ2n) is 6.93. The highest BCUT2D eigenvalue weighted by atomic mass is 35.5. The molecule has 0 spiro atoms. The number of halogens is 1. The lowest BCUT2D eigenvalue weighted by molar-refractivity contribution is -0.129. The summed E-state index contributed by atoms with van der Waals surface area (Å²) in [5, 5.41) is 2.87. The number of nitrogens with two attached hydrogens (primary N) is 1. The number of rotatable bonds is 7. The molecule has 1 fully saturated rings. The molecule has 2 amide bonds. The molecule has 2 unspecified atom stereocenters. The predicted molar refractivity (Wildman–Crippen MR) is 115 cm³/mol. The summed E-state index contributed by atoms with van der Waals surface area (Å²) in [4.78, 5) is 31.5. The third-order valence-electron chi connectivity index (χ3n) is 5.03. The second kappa shape index (κ2) is 10.1. The van der Waals surface area contributed by atoms with E-state index in [-0.39, 0.29) is 36.7 Å². The number of unbranched alkanes of at least 4 members (excludes halogenated alkanes) is 1. The number of nitrogens with zero attached hydrogens (tertiary/aromatic N) is 2. The van der Waals surface area contributed by atoms with Crippen LogP contribution in [0.15, 0.2) is 42.6 Å². The van der Waals surface area contributed by atoms with Crippen molar-refractivity contribution in [1.29, 1.82) is 0 Å². The van der Waals surface area contributed by atoms with Crippen LogP contribution in [-0.4, -0.2) is 35.4 Å². The Labute approximate surface area is 177 Å². The van der Waals surface area contributed by atoms with E-state index in [0.29, 0.717) is 18.1 Å². The van der Waals surface area contributed by atoms with Gasteiger partial charge in [0.05, 0.1) is 31.0 Å². The van der Waals surface area contributed by atoms with E-state index >= 15 is 0 Å². The van der Waals surface area contributed by atoms with Gasteiger partial charge in [0.15, 0.2) is 0 Å². The lowest BCUT2D eigenvalue weighted by atomic mass is 9.92. The van der Waals surface area contributed by atoms with Crippen molar-refractivity contribution in [3.63, 3.8) is 0 Å². The first-order valence-corrected chi connectivity index (χ1v) is 9.49. The maximum Gasteiger partial charge on any atom is 0.230 e. The van der Waals surface area contributed by atoms with Gasteiger partial charge in [-0.25, -0.2) is 4.98 Å². The normalized spacial score (nSPS) is 18.3. The molecule has 0 bridgehead atoms. The van der Waals surface area contributed by atoms with E-state index in [9.17, 15) is 9.59 Å². The molecule has 0 aliphatic carbocycles. The summed E-state index contributed by atoms with van der Waals surface area (Å²) >= 11 is 0. The number of carbonyl (C=O) groups is 2. The summed E-state index contributed by atoms with van der Waals surface area (Å²) in [7, 11) is 1.61. The Kier molecular flexibility index (Phi) is 7.84. The Morgan fingerprint density at radius 2 is 2.00 bits per heavy atom. The molecule has 8 heteroatoms. The minimum atomic E-state index is -0.477. The van der Waals surface area contributed by atoms with Gasteiger partial charge in [0.2, 0.25) is 11.8 Å². The van der Waals surface area contributed by atoms with Crippen LogP contribution in [0.4, 0.5) is 11.5 Å². The van der Waals surface area contributed by atoms with Gasteiger partial charge >= 0.3 is 0 Å². The van der Waals surface area contributed by atoms with Crippen molar-refractivity contribution < 1.29 is 14.3 Å². The van der Waals surface area contributed by atoms with Crippen LogP contribution in [0.25, 0.3) is 0 Å². The van der Waals surface area contributed by atoms with E-state index in [1.807, 2.05) is 29.2 Å². The van der Waals surface area contributed by atoms with Crippen LogP contribution in [0, 0.1) is 5.92 Å². The molecule has 0 saturated carbocycles. The fourth-order valence-corrected chi connectivity index (χ4v) is 3.55. The Morgan fingerprint density at radius 3 is 2.59 bits per heavy atom. The Balaban J connectivity index is 0.00000300. The van der Waals surface area contributed by atoms with E-state index < -0.39 is 5.92 Å². The van der Waals surface area contributed by atoms with Gasteiger partial charge in [0.25, 0.3) is 0 Å². The number of benzene rings is 1. The van der Waals surface area contributed by atoms with Gasteiger partial charge in [-0.1, -0.05) is 25.5 Å². The summed E-state index contributed by atoms with van der Waals surface area (Å²) in [5.41, 5.74) is 7.09. The Bertz CT molecular complexity index is 827. The first-order valence-electron chi connectivity index (χ1n) is 9.49. The van der Waals surface area contributed by atoms with Crippen molar-refractivity contribution in [3.8, 4) is 5.75 Å². The predicted octanol–water partition coefficient (Wildman–Crippen LogP) is 3.42. The maximum atomic E-state index is 13.0. The molecular weight excluding hydrogens is 392 g/mol. The van der Waals surface area contributed by atoms with Crippen LogP contribution < -0.4 is 15.8 Å². The van der Waals surface area contributed by atoms with Gasteiger partial charge in [-0.05, 0) is 36.2 Å². The SMILES string of the molecule is CCCCN1C(=O)CC(C(=O)Nc2ccc(N)nc2)C1c1ccc(OC)cc1.Cl. The number of pyridine rings is 1. The van der Waals surface area contributed by atoms with Crippen LogP contribution in [-0.2, 0) is 9.59 Å². The molecule has 3 rings (SSSR count). The molecular formula is C21H27ClN4O3. The molecule has 1 aromatic heterocycles. The number of hydrogen-bond donors (Lipinski definition) is 2. The first kappa shape index (κ1) is 22.5. The molecule has 2 atom stereocenters. The maximum absolute atomic E-state index is 13.0. The molecule has 1 aliphatic heterocycles. The van der Waals surface area contributed by atoms with Crippen LogP contribution in [0.3, 0.4) is 0 Å². The van der Waals surface area contributed by atoms with Crippen molar-refractivity contribution in [2.45, 2.75) is 32.2 Å². The molecule has 3 N–H and O–H groups in total. The monoisotopic (exact) mass is 418 g/mol.